The highest BCUT2D eigenvalue weighted by atomic mass is 35.5. The number of imidazole rings is 1. The van der Waals surface area contributed by atoms with Gasteiger partial charge < -0.3 is 4.98 Å². The minimum Gasteiger partial charge on any atom is -0.340 e. The highest BCUT2D eigenvalue weighted by Gasteiger charge is 2.12. The first-order valence-corrected chi connectivity index (χ1v) is 5.63. The number of nitrogens with zero attached hydrogens (tertiary/aromatic N) is 2. The lowest BCUT2D eigenvalue weighted by Gasteiger charge is -2.06. The van der Waals surface area contributed by atoms with E-state index in [1.807, 2.05) is 6.07 Å². The Morgan fingerprint density at radius 2 is 2.13 bits per heavy atom. The minimum absolute atomic E-state index is 0.484. The molecule has 2 heterocycles. The minimum atomic E-state index is 0.484. The number of aromatic amines is 1. The zero-order valence-corrected chi connectivity index (χ0v) is 9.67. The van der Waals surface area contributed by atoms with E-state index in [0.717, 1.165) is 29.8 Å². The quantitative estimate of drug-likeness (QED) is 0.865. The summed E-state index contributed by atoms with van der Waals surface area (Å²) >= 11 is 5.86. The molecule has 0 amide bonds. The predicted octanol–water partition coefficient (Wildman–Crippen LogP) is 3.51. The monoisotopic (exact) mass is 223 g/mol. The maximum Gasteiger partial charge on any atom is 0.177 e. The van der Waals surface area contributed by atoms with E-state index in [-0.39, 0.29) is 0 Å². The van der Waals surface area contributed by atoms with Crippen LogP contribution in [0.15, 0.2) is 12.3 Å². The predicted molar refractivity (Wildman–Crippen MR) is 62.2 cm³/mol. The molecule has 2 aromatic rings. The van der Waals surface area contributed by atoms with E-state index >= 15 is 0 Å². The Bertz CT molecular complexity index is 460. The highest BCUT2D eigenvalue weighted by Crippen LogP contribution is 2.23. The molecule has 0 aliphatic heterocycles. The second-order valence-corrected chi connectivity index (χ2v) is 4.10. The van der Waals surface area contributed by atoms with E-state index in [1.165, 1.54) is 0 Å². The molecule has 1 N–H and O–H groups in total. The number of nitrogens with one attached hydrogen (secondary N) is 1. The highest BCUT2D eigenvalue weighted by molar-refractivity contribution is 6.30. The number of hydrogen-bond acceptors (Lipinski definition) is 2. The number of rotatable bonds is 3. The van der Waals surface area contributed by atoms with Gasteiger partial charge in [0, 0.05) is 12.1 Å². The van der Waals surface area contributed by atoms with Crippen LogP contribution in [0.2, 0.25) is 5.02 Å². The molecule has 0 aromatic carbocycles. The summed E-state index contributed by atoms with van der Waals surface area (Å²) < 4.78 is 0. The summed E-state index contributed by atoms with van der Waals surface area (Å²) in [5, 5.41) is 0.641. The summed E-state index contributed by atoms with van der Waals surface area (Å²) in [5.74, 6) is 1.50. The fourth-order valence-corrected chi connectivity index (χ4v) is 1.92. The first kappa shape index (κ1) is 10.4. The van der Waals surface area contributed by atoms with Crippen LogP contribution in [0, 0.1) is 0 Å². The van der Waals surface area contributed by atoms with Gasteiger partial charge in [0.15, 0.2) is 5.65 Å². The molecule has 0 aliphatic rings. The van der Waals surface area contributed by atoms with Gasteiger partial charge in [0.05, 0.1) is 10.5 Å². The van der Waals surface area contributed by atoms with Gasteiger partial charge in [-0.1, -0.05) is 25.4 Å². The molecule has 0 unspecified atom stereocenters. The molecule has 0 bridgehead atoms. The molecule has 0 aliphatic carbocycles. The summed E-state index contributed by atoms with van der Waals surface area (Å²) in [6.45, 7) is 4.34. The Hall–Kier alpha value is -1.09. The largest absolute Gasteiger partial charge is 0.340 e. The van der Waals surface area contributed by atoms with Crippen molar-refractivity contribution in [3.8, 4) is 0 Å². The Morgan fingerprint density at radius 3 is 2.80 bits per heavy atom. The molecule has 0 radical (unpaired) electrons. The van der Waals surface area contributed by atoms with Crippen LogP contribution in [-0.2, 0) is 0 Å². The maximum absolute atomic E-state index is 5.86. The Morgan fingerprint density at radius 1 is 1.40 bits per heavy atom. The molecule has 0 spiro atoms. The Kier molecular flexibility index (Phi) is 2.91. The van der Waals surface area contributed by atoms with Crippen molar-refractivity contribution in [1.29, 1.82) is 0 Å². The number of fused-ring (bicyclic) bond motifs is 1. The molecule has 15 heavy (non-hydrogen) atoms. The Labute approximate surface area is 93.9 Å². The molecule has 0 saturated carbocycles. The third-order valence-electron chi connectivity index (χ3n) is 2.69. The van der Waals surface area contributed by atoms with Crippen molar-refractivity contribution in [3.05, 3.63) is 23.1 Å². The van der Waals surface area contributed by atoms with Crippen molar-refractivity contribution < 1.29 is 0 Å². The molecule has 0 saturated heterocycles. The molecule has 0 atom stereocenters. The van der Waals surface area contributed by atoms with Gasteiger partial charge in [-0.2, -0.15) is 0 Å². The van der Waals surface area contributed by atoms with Gasteiger partial charge in [0.2, 0.25) is 0 Å². The topological polar surface area (TPSA) is 41.6 Å². The number of aromatic nitrogens is 3. The third-order valence-corrected chi connectivity index (χ3v) is 2.90. The SMILES string of the molecule is CCC(CC)c1nc2ncc(Cl)cc2[nH]1. The summed E-state index contributed by atoms with van der Waals surface area (Å²) in [5.41, 5.74) is 1.67. The molecule has 80 valence electrons. The first-order valence-electron chi connectivity index (χ1n) is 5.25. The van der Waals surface area contributed by atoms with Gasteiger partial charge in [-0.25, -0.2) is 9.97 Å². The summed E-state index contributed by atoms with van der Waals surface area (Å²) in [4.78, 5) is 11.9. The molecule has 0 fully saturated rings. The average Bonchev–Trinajstić information content (AvgIpc) is 2.62. The van der Waals surface area contributed by atoms with Crippen LogP contribution in [-0.4, -0.2) is 15.0 Å². The van der Waals surface area contributed by atoms with E-state index in [1.54, 1.807) is 6.20 Å². The fourth-order valence-electron chi connectivity index (χ4n) is 1.76. The standard InChI is InChI=1S/C11H14ClN3/c1-3-7(4-2)10-14-9-5-8(12)6-13-11(9)15-10/h5-7H,3-4H2,1-2H3,(H,13,14,15). The lowest BCUT2D eigenvalue weighted by atomic mass is 10.0. The lowest BCUT2D eigenvalue weighted by Crippen LogP contribution is -1.97. The zero-order valence-electron chi connectivity index (χ0n) is 8.92. The van der Waals surface area contributed by atoms with Crippen LogP contribution < -0.4 is 0 Å². The second-order valence-electron chi connectivity index (χ2n) is 3.66. The van der Waals surface area contributed by atoms with E-state index in [9.17, 15) is 0 Å². The van der Waals surface area contributed by atoms with Crippen LogP contribution in [0.3, 0.4) is 0 Å². The number of hydrogen-bond donors (Lipinski definition) is 1. The number of pyridine rings is 1. The summed E-state index contributed by atoms with van der Waals surface area (Å²) in [6, 6.07) is 1.86. The van der Waals surface area contributed by atoms with Crippen LogP contribution in [0.5, 0.6) is 0 Å². The molecule has 3 nitrogen and oxygen atoms in total. The first-order chi connectivity index (χ1) is 7.24. The van der Waals surface area contributed by atoms with Crippen molar-refractivity contribution in [2.24, 2.45) is 0 Å². The second kappa shape index (κ2) is 4.19. The molecule has 4 heteroatoms. The number of halogens is 1. The van der Waals surface area contributed by atoms with Gasteiger partial charge >= 0.3 is 0 Å². The normalized spacial score (nSPS) is 11.5. The van der Waals surface area contributed by atoms with Crippen molar-refractivity contribution in [2.75, 3.05) is 0 Å². The van der Waals surface area contributed by atoms with Crippen molar-refractivity contribution in [3.63, 3.8) is 0 Å². The number of H-pyrrole nitrogens is 1. The molecule has 2 rings (SSSR count). The van der Waals surface area contributed by atoms with Crippen molar-refractivity contribution in [1.82, 2.24) is 15.0 Å². The maximum atomic E-state index is 5.86. The van der Waals surface area contributed by atoms with Gasteiger partial charge in [-0.15, -0.1) is 0 Å². The molecular formula is C11H14ClN3. The van der Waals surface area contributed by atoms with Crippen LogP contribution >= 0.6 is 11.6 Å². The van der Waals surface area contributed by atoms with Gasteiger partial charge in [0.1, 0.15) is 5.82 Å². The van der Waals surface area contributed by atoms with Crippen LogP contribution in [0.25, 0.3) is 11.2 Å². The van der Waals surface area contributed by atoms with E-state index in [2.05, 4.69) is 28.8 Å². The van der Waals surface area contributed by atoms with Gasteiger partial charge in [0.25, 0.3) is 0 Å². The van der Waals surface area contributed by atoms with Crippen LogP contribution in [0.1, 0.15) is 38.4 Å². The van der Waals surface area contributed by atoms with Crippen LogP contribution in [0.4, 0.5) is 0 Å². The third kappa shape index (κ3) is 1.97. The van der Waals surface area contributed by atoms with Crippen molar-refractivity contribution in [2.45, 2.75) is 32.6 Å². The molecular weight excluding hydrogens is 210 g/mol. The molecule has 2 aromatic heterocycles. The smallest absolute Gasteiger partial charge is 0.177 e. The lowest BCUT2D eigenvalue weighted by molar-refractivity contribution is 0.611. The van der Waals surface area contributed by atoms with Gasteiger partial charge in [-0.3, -0.25) is 0 Å². The summed E-state index contributed by atoms with van der Waals surface area (Å²) in [7, 11) is 0. The zero-order chi connectivity index (χ0) is 10.8. The average molecular weight is 224 g/mol. The van der Waals surface area contributed by atoms with E-state index in [4.69, 9.17) is 11.6 Å². The van der Waals surface area contributed by atoms with Gasteiger partial charge in [-0.05, 0) is 18.9 Å². The summed E-state index contributed by atoms with van der Waals surface area (Å²) in [6.07, 6.45) is 3.80. The Balaban J connectivity index is 2.46. The van der Waals surface area contributed by atoms with E-state index < -0.39 is 0 Å². The van der Waals surface area contributed by atoms with E-state index in [0.29, 0.717) is 10.9 Å². The fraction of sp³-hybridized carbons (Fsp3) is 0.455. The van der Waals surface area contributed by atoms with Crippen molar-refractivity contribution >= 4 is 22.8 Å².